The molecule has 4 heteroatoms. The quantitative estimate of drug-likeness (QED) is 0.735. The van der Waals surface area contributed by atoms with Gasteiger partial charge in [0.25, 0.3) is 0 Å². The lowest BCUT2D eigenvalue weighted by Crippen LogP contribution is -2.32. The molecule has 0 saturated heterocycles. The zero-order valence-electron chi connectivity index (χ0n) is 13.4. The summed E-state index contributed by atoms with van der Waals surface area (Å²) in [6.45, 7) is 3.90. The van der Waals surface area contributed by atoms with E-state index in [1.165, 1.54) is 11.8 Å². The molecule has 0 aliphatic carbocycles. The minimum absolute atomic E-state index is 0.0285. The number of hydrogen-bond donors (Lipinski definition) is 1. The molecule has 0 aliphatic heterocycles. The fourth-order valence-corrected chi connectivity index (χ4v) is 4.23. The molecule has 122 valence electrons. The van der Waals surface area contributed by atoms with Crippen LogP contribution in [0, 0.1) is 11.8 Å². The summed E-state index contributed by atoms with van der Waals surface area (Å²) in [4.78, 5) is 14.7. The Morgan fingerprint density at radius 2 is 1.48 bits per heavy atom. The Kier molecular flexibility index (Phi) is 7.21. The Morgan fingerprint density at radius 1 is 0.957 bits per heavy atom. The van der Waals surface area contributed by atoms with Crippen LogP contribution in [0.15, 0.2) is 70.5 Å². The van der Waals surface area contributed by atoms with E-state index in [1.807, 2.05) is 74.5 Å². The largest absolute Gasteiger partial charge is 0.392 e. The molecule has 0 heterocycles. The van der Waals surface area contributed by atoms with Crippen LogP contribution in [0.5, 0.6) is 0 Å². The maximum atomic E-state index is 12.7. The molecule has 2 aromatic carbocycles. The van der Waals surface area contributed by atoms with Crippen molar-refractivity contribution < 1.29 is 9.90 Å². The highest BCUT2D eigenvalue weighted by atomic mass is 32.2. The Labute approximate surface area is 146 Å². The number of carbonyl (C=O) groups is 1. The highest BCUT2D eigenvalue weighted by molar-refractivity contribution is 8.13. The molecule has 2 aromatic rings. The SMILES string of the molecule is CC(C)[C@@H](O)[C@@H](CSc1ccccc1)C(=O)Sc1ccccc1. The molecule has 2 nitrogen and oxygen atoms in total. The molecule has 0 fully saturated rings. The molecular weight excluding hydrogens is 324 g/mol. The summed E-state index contributed by atoms with van der Waals surface area (Å²) in [5, 5.41) is 10.5. The molecule has 0 amide bonds. The van der Waals surface area contributed by atoms with Crippen LogP contribution < -0.4 is 0 Å². The number of thioether (sulfide) groups is 2. The van der Waals surface area contributed by atoms with E-state index < -0.39 is 6.10 Å². The Balaban J connectivity index is 2.05. The zero-order chi connectivity index (χ0) is 16.7. The van der Waals surface area contributed by atoms with E-state index in [0.717, 1.165) is 9.79 Å². The van der Waals surface area contributed by atoms with Gasteiger partial charge in [0.2, 0.25) is 0 Å². The average molecular weight is 347 g/mol. The van der Waals surface area contributed by atoms with Crippen molar-refractivity contribution in [3.63, 3.8) is 0 Å². The highest BCUT2D eigenvalue weighted by Crippen LogP contribution is 2.30. The summed E-state index contributed by atoms with van der Waals surface area (Å²) in [6.07, 6.45) is -0.630. The molecule has 0 bridgehead atoms. The number of hydrogen-bond acceptors (Lipinski definition) is 4. The number of aliphatic hydroxyl groups is 1. The molecule has 23 heavy (non-hydrogen) atoms. The summed E-state index contributed by atoms with van der Waals surface area (Å²) < 4.78 is 0. The van der Waals surface area contributed by atoms with Gasteiger partial charge >= 0.3 is 0 Å². The molecule has 0 unspecified atom stereocenters. The molecule has 1 N–H and O–H groups in total. The normalized spacial score (nSPS) is 13.7. The summed E-state index contributed by atoms with van der Waals surface area (Å²) in [7, 11) is 0. The molecule has 0 aromatic heterocycles. The maximum absolute atomic E-state index is 12.7. The predicted molar refractivity (Wildman–Crippen MR) is 98.8 cm³/mol. The van der Waals surface area contributed by atoms with Crippen LogP contribution in [-0.2, 0) is 4.79 Å². The zero-order valence-corrected chi connectivity index (χ0v) is 15.0. The van der Waals surface area contributed by atoms with E-state index in [-0.39, 0.29) is 17.0 Å². The molecule has 0 aliphatic rings. The third-order valence-corrected chi connectivity index (χ3v) is 5.68. The molecule has 2 rings (SSSR count). The van der Waals surface area contributed by atoms with Crippen molar-refractivity contribution in [3.05, 3.63) is 60.7 Å². The summed E-state index contributed by atoms with van der Waals surface area (Å²) in [6, 6.07) is 19.6. The lowest BCUT2D eigenvalue weighted by molar-refractivity contribution is -0.117. The van der Waals surface area contributed by atoms with Gasteiger partial charge in [-0.1, -0.05) is 62.0 Å². The van der Waals surface area contributed by atoms with E-state index in [2.05, 4.69) is 0 Å². The topological polar surface area (TPSA) is 37.3 Å². The van der Waals surface area contributed by atoms with E-state index in [0.29, 0.717) is 5.75 Å². The first-order valence-corrected chi connectivity index (χ1v) is 9.51. The van der Waals surface area contributed by atoms with Gasteiger partial charge in [-0.15, -0.1) is 11.8 Å². The third-order valence-electron chi connectivity index (χ3n) is 3.53. The van der Waals surface area contributed by atoms with Crippen LogP contribution in [0.2, 0.25) is 0 Å². The van der Waals surface area contributed by atoms with Gasteiger partial charge in [-0.2, -0.15) is 0 Å². The van der Waals surface area contributed by atoms with Crippen LogP contribution in [0.1, 0.15) is 13.8 Å². The van der Waals surface area contributed by atoms with Crippen molar-refractivity contribution in [2.75, 3.05) is 5.75 Å². The smallest absolute Gasteiger partial charge is 0.200 e. The van der Waals surface area contributed by atoms with Crippen molar-refractivity contribution in [3.8, 4) is 0 Å². The lowest BCUT2D eigenvalue weighted by atomic mass is 9.96. The van der Waals surface area contributed by atoms with Gasteiger partial charge in [0.15, 0.2) is 5.12 Å². The van der Waals surface area contributed by atoms with Crippen LogP contribution in [0.3, 0.4) is 0 Å². The van der Waals surface area contributed by atoms with Gasteiger partial charge < -0.3 is 5.11 Å². The highest BCUT2D eigenvalue weighted by Gasteiger charge is 2.29. The van der Waals surface area contributed by atoms with Gasteiger partial charge in [0.05, 0.1) is 12.0 Å². The lowest BCUT2D eigenvalue weighted by Gasteiger charge is -2.24. The van der Waals surface area contributed by atoms with Crippen LogP contribution in [0.4, 0.5) is 0 Å². The molecule has 0 radical (unpaired) electrons. The fraction of sp³-hybridized carbons (Fsp3) is 0.316. The van der Waals surface area contributed by atoms with Crippen molar-refractivity contribution in [1.29, 1.82) is 0 Å². The Morgan fingerprint density at radius 3 is 2.00 bits per heavy atom. The van der Waals surface area contributed by atoms with Gasteiger partial charge in [-0.3, -0.25) is 4.79 Å². The van der Waals surface area contributed by atoms with E-state index in [9.17, 15) is 9.90 Å². The van der Waals surface area contributed by atoms with Crippen molar-refractivity contribution in [1.82, 2.24) is 0 Å². The van der Waals surface area contributed by atoms with Crippen LogP contribution in [-0.4, -0.2) is 22.1 Å². The van der Waals surface area contributed by atoms with E-state index >= 15 is 0 Å². The first-order chi connectivity index (χ1) is 11.1. The standard InChI is InChI=1S/C19H22O2S2/c1-14(2)18(20)17(13-22-15-9-5-3-6-10-15)19(21)23-16-11-7-4-8-12-16/h3-12,14,17-18,20H,13H2,1-2H3/t17-,18-/m1/s1. The molecule has 0 saturated carbocycles. The number of carbonyl (C=O) groups excluding carboxylic acids is 1. The van der Waals surface area contributed by atoms with Crippen LogP contribution in [0.25, 0.3) is 0 Å². The third kappa shape index (κ3) is 5.72. The van der Waals surface area contributed by atoms with Gasteiger partial charge in [0.1, 0.15) is 0 Å². The van der Waals surface area contributed by atoms with Crippen LogP contribution >= 0.6 is 23.5 Å². The number of rotatable bonds is 7. The minimum Gasteiger partial charge on any atom is -0.392 e. The molecular formula is C19H22O2S2. The first kappa shape index (κ1) is 18.1. The van der Waals surface area contributed by atoms with Gasteiger partial charge in [-0.25, -0.2) is 0 Å². The van der Waals surface area contributed by atoms with E-state index in [4.69, 9.17) is 0 Å². The summed E-state index contributed by atoms with van der Waals surface area (Å²) in [5.74, 6) is 0.254. The summed E-state index contributed by atoms with van der Waals surface area (Å²) >= 11 is 2.84. The molecule has 0 spiro atoms. The van der Waals surface area contributed by atoms with Crippen molar-refractivity contribution in [2.45, 2.75) is 29.7 Å². The summed E-state index contributed by atoms with van der Waals surface area (Å²) in [5.41, 5.74) is 0. The van der Waals surface area contributed by atoms with Crippen molar-refractivity contribution >= 4 is 28.6 Å². The molecule has 2 atom stereocenters. The average Bonchev–Trinajstić information content (AvgIpc) is 2.56. The Bertz CT molecular complexity index is 599. The number of benzene rings is 2. The predicted octanol–water partition coefficient (Wildman–Crippen LogP) is 4.73. The second kappa shape index (κ2) is 9.16. The van der Waals surface area contributed by atoms with Gasteiger partial charge in [-0.05, 0) is 30.2 Å². The fourth-order valence-electron chi connectivity index (χ4n) is 2.15. The monoisotopic (exact) mass is 346 g/mol. The second-order valence-corrected chi connectivity index (χ2v) is 7.87. The Hall–Kier alpha value is -1.23. The van der Waals surface area contributed by atoms with E-state index in [1.54, 1.807) is 11.8 Å². The first-order valence-electron chi connectivity index (χ1n) is 7.70. The van der Waals surface area contributed by atoms with Gasteiger partial charge in [0, 0.05) is 15.5 Å². The maximum Gasteiger partial charge on any atom is 0.200 e. The van der Waals surface area contributed by atoms with Crippen molar-refractivity contribution in [2.24, 2.45) is 11.8 Å². The minimum atomic E-state index is -0.630. The number of aliphatic hydroxyl groups excluding tert-OH is 1. The second-order valence-electron chi connectivity index (χ2n) is 5.70.